The Morgan fingerprint density at radius 2 is 1.94 bits per heavy atom. The summed E-state index contributed by atoms with van der Waals surface area (Å²) in [4.78, 5) is 30.0. The summed E-state index contributed by atoms with van der Waals surface area (Å²) in [6.07, 6.45) is -2.71. The van der Waals surface area contributed by atoms with Crippen LogP contribution in [0.1, 0.15) is 18.4 Å². The molecule has 0 spiro atoms. The molecule has 1 fully saturated rings. The quantitative estimate of drug-likeness (QED) is 0.697. The molecular formula is C21H22F3N3O4. The van der Waals surface area contributed by atoms with E-state index in [1.807, 2.05) is 4.90 Å². The first kappa shape index (κ1) is 22.4. The number of hydrogen-bond acceptors (Lipinski definition) is 6. The topological polar surface area (TPSA) is 80.8 Å². The van der Waals surface area contributed by atoms with Gasteiger partial charge in [-0.05, 0) is 37.1 Å². The van der Waals surface area contributed by atoms with E-state index < -0.39 is 30.2 Å². The van der Waals surface area contributed by atoms with Crippen LogP contribution in [0.4, 0.5) is 24.7 Å². The van der Waals surface area contributed by atoms with Crippen LogP contribution in [0.3, 0.4) is 0 Å². The number of carbonyl (C=O) groups excluding carboxylic acids is 2. The molecule has 0 saturated carbocycles. The van der Waals surface area contributed by atoms with Crippen molar-refractivity contribution in [2.45, 2.75) is 19.0 Å². The van der Waals surface area contributed by atoms with Crippen LogP contribution in [0, 0.1) is 5.92 Å². The minimum Gasteiger partial charge on any atom is -0.497 e. The number of esters is 1. The maximum absolute atomic E-state index is 12.6. The van der Waals surface area contributed by atoms with Crippen LogP contribution in [-0.4, -0.2) is 43.7 Å². The summed E-state index contributed by atoms with van der Waals surface area (Å²) < 4.78 is 48.2. The highest BCUT2D eigenvalue weighted by Crippen LogP contribution is 2.30. The number of aromatic nitrogens is 1. The lowest BCUT2D eigenvalue weighted by Gasteiger charge is -2.31. The highest BCUT2D eigenvalue weighted by atomic mass is 19.4. The fraction of sp³-hybridized carbons (Fsp3) is 0.381. The number of piperidine rings is 1. The standard InChI is InChI=1S/C21H22F3N3O4/c1-30-17-4-2-3-16(11-17)26-19(28)13-31-20(29)14-7-9-27(10-8-14)18-6-5-15(12-25-18)21(22,23)24/h2-6,11-12,14H,7-10,13H2,1H3,(H,26,28). The average molecular weight is 437 g/mol. The fourth-order valence-corrected chi connectivity index (χ4v) is 3.24. The smallest absolute Gasteiger partial charge is 0.417 e. The molecule has 0 unspecified atom stereocenters. The first-order valence-corrected chi connectivity index (χ1v) is 9.65. The predicted octanol–water partition coefficient (Wildman–Crippen LogP) is 3.51. The summed E-state index contributed by atoms with van der Waals surface area (Å²) in [6.45, 7) is 0.499. The van der Waals surface area contributed by atoms with Gasteiger partial charge in [0.05, 0.1) is 18.6 Å². The molecule has 31 heavy (non-hydrogen) atoms. The molecule has 3 rings (SSSR count). The summed E-state index contributed by atoms with van der Waals surface area (Å²) in [7, 11) is 1.52. The third-order valence-corrected chi connectivity index (χ3v) is 4.93. The molecule has 0 atom stereocenters. The molecule has 1 aromatic carbocycles. The number of rotatable bonds is 6. The van der Waals surface area contributed by atoms with E-state index in [2.05, 4.69) is 10.3 Å². The number of nitrogens with zero attached hydrogens (tertiary/aromatic N) is 2. The number of carbonyl (C=O) groups is 2. The van der Waals surface area contributed by atoms with Gasteiger partial charge in [-0.2, -0.15) is 13.2 Å². The summed E-state index contributed by atoms with van der Waals surface area (Å²) in [5, 5.41) is 2.63. The van der Waals surface area contributed by atoms with E-state index in [1.165, 1.54) is 13.2 Å². The Balaban J connectivity index is 1.44. The third-order valence-electron chi connectivity index (χ3n) is 4.93. The highest BCUT2D eigenvalue weighted by Gasteiger charge is 2.31. The van der Waals surface area contributed by atoms with E-state index in [-0.39, 0.29) is 5.92 Å². The van der Waals surface area contributed by atoms with Gasteiger partial charge in [-0.1, -0.05) is 6.07 Å². The molecule has 166 valence electrons. The van der Waals surface area contributed by atoms with Crippen molar-refractivity contribution in [3.8, 4) is 5.75 Å². The second-order valence-corrected chi connectivity index (χ2v) is 7.05. The molecule has 1 aromatic heterocycles. The molecule has 1 aliphatic heterocycles. The van der Waals surface area contributed by atoms with Gasteiger partial charge < -0.3 is 19.7 Å². The summed E-state index contributed by atoms with van der Waals surface area (Å²) in [6, 6.07) is 9.11. The van der Waals surface area contributed by atoms with Crippen LogP contribution in [0.5, 0.6) is 5.75 Å². The number of methoxy groups -OCH3 is 1. The molecule has 7 nitrogen and oxygen atoms in total. The number of halogens is 3. The lowest BCUT2D eigenvalue weighted by Crippen LogP contribution is -2.38. The summed E-state index contributed by atoms with van der Waals surface area (Å²) in [5.41, 5.74) is -0.278. The van der Waals surface area contributed by atoms with Crippen molar-refractivity contribution in [2.24, 2.45) is 5.92 Å². The molecule has 2 heterocycles. The molecule has 0 aliphatic carbocycles. The number of alkyl halides is 3. The van der Waals surface area contributed by atoms with Crippen LogP contribution < -0.4 is 15.0 Å². The van der Waals surface area contributed by atoms with Gasteiger partial charge in [0.25, 0.3) is 5.91 Å². The van der Waals surface area contributed by atoms with Gasteiger partial charge in [0, 0.05) is 31.0 Å². The second-order valence-electron chi connectivity index (χ2n) is 7.05. The van der Waals surface area contributed by atoms with Crippen LogP contribution in [0.15, 0.2) is 42.6 Å². The molecule has 0 bridgehead atoms. The van der Waals surface area contributed by atoms with Gasteiger partial charge in [-0.15, -0.1) is 0 Å². The lowest BCUT2D eigenvalue weighted by molar-refractivity contribution is -0.152. The van der Waals surface area contributed by atoms with Gasteiger partial charge in [0.15, 0.2) is 6.61 Å². The summed E-state index contributed by atoms with van der Waals surface area (Å²) in [5.74, 6) is -0.300. The second kappa shape index (κ2) is 9.67. The van der Waals surface area contributed by atoms with Crippen molar-refractivity contribution in [2.75, 3.05) is 37.0 Å². The van der Waals surface area contributed by atoms with Crippen LogP contribution in [-0.2, 0) is 20.5 Å². The number of nitrogens with one attached hydrogen (secondary N) is 1. The van der Waals surface area contributed by atoms with Gasteiger partial charge >= 0.3 is 12.1 Å². The van der Waals surface area contributed by atoms with Gasteiger partial charge in [0.2, 0.25) is 0 Å². The van der Waals surface area contributed by atoms with Gasteiger partial charge in [-0.25, -0.2) is 4.98 Å². The number of ether oxygens (including phenoxy) is 2. The Labute approximate surface area is 177 Å². The molecule has 1 saturated heterocycles. The van der Waals surface area contributed by atoms with E-state index in [4.69, 9.17) is 9.47 Å². The lowest BCUT2D eigenvalue weighted by atomic mass is 9.97. The number of benzene rings is 1. The van der Waals surface area contributed by atoms with Crippen molar-refractivity contribution < 1.29 is 32.2 Å². The number of amides is 1. The van der Waals surface area contributed by atoms with Crippen molar-refractivity contribution >= 4 is 23.4 Å². The Morgan fingerprint density at radius 1 is 1.19 bits per heavy atom. The van der Waals surface area contributed by atoms with Crippen LogP contribution in [0.25, 0.3) is 0 Å². The fourth-order valence-electron chi connectivity index (χ4n) is 3.24. The van der Waals surface area contributed by atoms with E-state index in [1.54, 1.807) is 24.3 Å². The Bertz CT molecular complexity index is 911. The van der Waals surface area contributed by atoms with Crippen molar-refractivity contribution in [1.29, 1.82) is 0 Å². The largest absolute Gasteiger partial charge is 0.497 e. The molecule has 1 N–H and O–H groups in total. The van der Waals surface area contributed by atoms with Gasteiger partial charge in [-0.3, -0.25) is 9.59 Å². The van der Waals surface area contributed by atoms with E-state index in [0.717, 1.165) is 12.3 Å². The van der Waals surface area contributed by atoms with Crippen molar-refractivity contribution in [3.05, 3.63) is 48.2 Å². The van der Waals surface area contributed by atoms with Crippen molar-refractivity contribution in [3.63, 3.8) is 0 Å². The zero-order valence-electron chi connectivity index (χ0n) is 16.8. The molecule has 1 amide bonds. The third kappa shape index (κ3) is 6.09. The predicted molar refractivity (Wildman–Crippen MR) is 107 cm³/mol. The molecular weight excluding hydrogens is 415 g/mol. The summed E-state index contributed by atoms with van der Waals surface area (Å²) >= 11 is 0. The molecule has 10 heteroatoms. The minimum absolute atomic E-state index is 0.379. The molecule has 2 aromatic rings. The first-order valence-electron chi connectivity index (χ1n) is 9.65. The highest BCUT2D eigenvalue weighted by molar-refractivity contribution is 5.93. The Kier molecular flexibility index (Phi) is 6.98. The van der Waals surface area contributed by atoms with Gasteiger partial charge in [0.1, 0.15) is 11.6 Å². The minimum atomic E-state index is -4.43. The SMILES string of the molecule is COc1cccc(NC(=O)COC(=O)C2CCN(c3ccc(C(F)(F)F)cn3)CC2)c1. The molecule has 0 radical (unpaired) electrons. The normalized spacial score (nSPS) is 14.8. The number of hydrogen-bond donors (Lipinski definition) is 1. The monoisotopic (exact) mass is 437 g/mol. The number of pyridine rings is 1. The molecule has 1 aliphatic rings. The van der Waals surface area contributed by atoms with Crippen LogP contribution in [0.2, 0.25) is 0 Å². The van der Waals surface area contributed by atoms with Crippen molar-refractivity contribution in [1.82, 2.24) is 4.98 Å². The maximum Gasteiger partial charge on any atom is 0.417 e. The Hall–Kier alpha value is -3.30. The zero-order chi connectivity index (χ0) is 22.4. The van der Waals surface area contributed by atoms with E-state index in [0.29, 0.717) is 43.2 Å². The Morgan fingerprint density at radius 3 is 2.55 bits per heavy atom. The zero-order valence-corrected chi connectivity index (χ0v) is 16.8. The maximum atomic E-state index is 12.6. The average Bonchev–Trinajstić information content (AvgIpc) is 2.77. The van der Waals surface area contributed by atoms with E-state index >= 15 is 0 Å². The first-order chi connectivity index (χ1) is 14.8. The van der Waals surface area contributed by atoms with E-state index in [9.17, 15) is 22.8 Å². The van der Waals surface area contributed by atoms with Crippen LogP contribution >= 0.6 is 0 Å². The number of anilines is 2.